The molecule has 6 heteroatoms. The molecule has 0 saturated heterocycles. The second-order valence-corrected chi connectivity index (χ2v) is 7.93. The Morgan fingerprint density at radius 2 is 1.58 bits per heavy atom. The van der Waals surface area contributed by atoms with Crippen LogP contribution in [0, 0.1) is 5.92 Å². The third-order valence-electron chi connectivity index (χ3n) is 4.23. The van der Waals surface area contributed by atoms with Crippen LogP contribution in [0.4, 0.5) is 0 Å². The predicted octanol–water partition coefficient (Wildman–Crippen LogP) is 4.33. The molecule has 0 fully saturated rings. The van der Waals surface area contributed by atoms with E-state index >= 15 is 0 Å². The van der Waals surface area contributed by atoms with Gasteiger partial charge in [-0.25, -0.2) is 13.1 Å². The van der Waals surface area contributed by atoms with E-state index in [0.717, 1.165) is 12.0 Å². The van der Waals surface area contributed by atoms with E-state index in [1.807, 2.05) is 74.5 Å². The predicted molar refractivity (Wildman–Crippen MR) is 102 cm³/mol. The standard InChI is InChI=1S/C20H22N2O3S/c1-3-15(2)14-21-26(23,24)20-18(16-10-6-4-7-11-16)25-19(22-20)17-12-8-5-9-13-17/h4-13,15,21H,3,14H2,1-2H3. The van der Waals surface area contributed by atoms with E-state index in [2.05, 4.69) is 9.71 Å². The van der Waals surface area contributed by atoms with Gasteiger partial charge in [0.15, 0.2) is 5.76 Å². The van der Waals surface area contributed by atoms with Crippen molar-refractivity contribution in [3.63, 3.8) is 0 Å². The Morgan fingerprint density at radius 1 is 1.00 bits per heavy atom. The Kier molecular flexibility index (Phi) is 5.54. The summed E-state index contributed by atoms with van der Waals surface area (Å²) in [6, 6.07) is 18.4. The van der Waals surface area contributed by atoms with Crippen LogP contribution in [0.5, 0.6) is 0 Å². The molecule has 1 aromatic heterocycles. The molecular formula is C20H22N2O3S. The van der Waals surface area contributed by atoms with Crippen LogP contribution in [0.2, 0.25) is 0 Å². The molecule has 0 bridgehead atoms. The molecule has 3 rings (SSSR count). The molecule has 0 saturated carbocycles. The molecule has 0 aliphatic heterocycles. The minimum atomic E-state index is -3.79. The summed E-state index contributed by atoms with van der Waals surface area (Å²) in [5.74, 6) is 0.778. The van der Waals surface area contributed by atoms with Crippen molar-refractivity contribution in [2.24, 2.45) is 5.92 Å². The molecular weight excluding hydrogens is 348 g/mol. The Hall–Kier alpha value is -2.44. The van der Waals surface area contributed by atoms with Crippen LogP contribution < -0.4 is 4.72 Å². The summed E-state index contributed by atoms with van der Waals surface area (Å²) in [6.45, 7) is 4.39. The number of aromatic nitrogens is 1. The molecule has 0 spiro atoms. The molecule has 1 N–H and O–H groups in total. The number of nitrogens with zero attached hydrogens (tertiary/aromatic N) is 1. The molecule has 136 valence electrons. The Bertz CT molecular complexity index is 951. The van der Waals surface area contributed by atoms with Crippen molar-refractivity contribution in [3.8, 4) is 22.8 Å². The molecule has 0 aliphatic rings. The first kappa shape index (κ1) is 18.4. The van der Waals surface area contributed by atoms with E-state index in [1.54, 1.807) is 0 Å². The number of hydrogen-bond donors (Lipinski definition) is 1. The van der Waals surface area contributed by atoms with Gasteiger partial charge in [-0.05, 0) is 18.1 Å². The summed E-state index contributed by atoms with van der Waals surface area (Å²) in [7, 11) is -3.79. The highest BCUT2D eigenvalue weighted by Crippen LogP contribution is 2.32. The Morgan fingerprint density at radius 3 is 2.15 bits per heavy atom. The van der Waals surface area contributed by atoms with Gasteiger partial charge in [0.2, 0.25) is 10.9 Å². The fraction of sp³-hybridized carbons (Fsp3) is 0.250. The van der Waals surface area contributed by atoms with Crippen molar-refractivity contribution in [2.75, 3.05) is 6.54 Å². The van der Waals surface area contributed by atoms with E-state index in [4.69, 9.17) is 4.42 Å². The van der Waals surface area contributed by atoms with Crippen molar-refractivity contribution in [1.29, 1.82) is 0 Å². The molecule has 26 heavy (non-hydrogen) atoms. The molecule has 0 aliphatic carbocycles. The van der Waals surface area contributed by atoms with Crippen LogP contribution >= 0.6 is 0 Å². The summed E-state index contributed by atoms with van der Waals surface area (Å²) < 4.78 is 34.2. The zero-order valence-electron chi connectivity index (χ0n) is 14.8. The molecule has 3 aromatic rings. The first-order valence-electron chi connectivity index (χ1n) is 8.62. The summed E-state index contributed by atoms with van der Waals surface area (Å²) in [5, 5.41) is -0.0779. The molecule has 1 atom stereocenters. The zero-order chi connectivity index (χ0) is 18.6. The second kappa shape index (κ2) is 7.85. The Labute approximate surface area is 154 Å². The lowest BCUT2D eigenvalue weighted by Crippen LogP contribution is -2.28. The second-order valence-electron chi connectivity index (χ2n) is 6.25. The van der Waals surface area contributed by atoms with Crippen molar-refractivity contribution >= 4 is 10.0 Å². The number of hydrogen-bond acceptors (Lipinski definition) is 4. The average molecular weight is 370 g/mol. The molecule has 1 heterocycles. The minimum Gasteiger partial charge on any atom is -0.435 e. The fourth-order valence-electron chi connectivity index (χ4n) is 2.43. The first-order chi connectivity index (χ1) is 12.5. The Balaban J connectivity index is 2.06. The van der Waals surface area contributed by atoms with E-state index in [1.165, 1.54) is 0 Å². The van der Waals surface area contributed by atoms with Gasteiger partial charge in [-0.3, -0.25) is 0 Å². The van der Waals surface area contributed by atoms with Crippen molar-refractivity contribution in [3.05, 3.63) is 60.7 Å². The average Bonchev–Trinajstić information content (AvgIpc) is 3.14. The molecule has 1 unspecified atom stereocenters. The summed E-state index contributed by atoms with van der Waals surface area (Å²) in [6.07, 6.45) is 0.891. The van der Waals surface area contributed by atoms with Crippen LogP contribution in [0.3, 0.4) is 0 Å². The molecule has 5 nitrogen and oxygen atoms in total. The number of nitrogens with one attached hydrogen (secondary N) is 1. The number of rotatable bonds is 7. The maximum atomic E-state index is 12.9. The van der Waals surface area contributed by atoms with Gasteiger partial charge in [0.25, 0.3) is 10.0 Å². The third-order valence-corrected chi connectivity index (χ3v) is 5.56. The van der Waals surface area contributed by atoms with Gasteiger partial charge in [-0.2, -0.15) is 4.98 Å². The lowest BCUT2D eigenvalue weighted by molar-refractivity contribution is 0.526. The van der Waals surface area contributed by atoms with Crippen LogP contribution in [-0.2, 0) is 10.0 Å². The van der Waals surface area contributed by atoms with E-state index in [9.17, 15) is 8.42 Å². The van der Waals surface area contributed by atoms with Gasteiger partial charge in [-0.1, -0.05) is 68.8 Å². The topological polar surface area (TPSA) is 72.2 Å². The number of oxazole rings is 1. The smallest absolute Gasteiger partial charge is 0.262 e. The van der Waals surface area contributed by atoms with Gasteiger partial charge >= 0.3 is 0 Å². The first-order valence-corrected chi connectivity index (χ1v) is 10.1. The highest BCUT2D eigenvalue weighted by Gasteiger charge is 2.27. The third kappa shape index (κ3) is 4.03. The summed E-state index contributed by atoms with van der Waals surface area (Å²) in [5.41, 5.74) is 1.40. The van der Waals surface area contributed by atoms with Gasteiger partial charge in [0.05, 0.1) is 0 Å². The molecule has 0 radical (unpaired) electrons. The quantitative estimate of drug-likeness (QED) is 0.672. The van der Waals surface area contributed by atoms with Gasteiger partial charge in [-0.15, -0.1) is 0 Å². The lowest BCUT2D eigenvalue weighted by Gasteiger charge is -2.10. The summed E-state index contributed by atoms with van der Waals surface area (Å²) >= 11 is 0. The highest BCUT2D eigenvalue weighted by atomic mass is 32.2. The van der Waals surface area contributed by atoms with Gasteiger partial charge in [0.1, 0.15) is 0 Å². The maximum absolute atomic E-state index is 12.9. The molecule has 2 aromatic carbocycles. The number of benzene rings is 2. The van der Waals surface area contributed by atoms with Crippen LogP contribution in [0.25, 0.3) is 22.8 Å². The number of sulfonamides is 1. The zero-order valence-corrected chi connectivity index (χ0v) is 15.7. The largest absolute Gasteiger partial charge is 0.435 e. The minimum absolute atomic E-state index is 0.0779. The lowest BCUT2D eigenvalue weighted by atomic mass is 10.1. The highest BCUT2D eigenvalue weighted by molar-refractivity contribution is 7.89. The molecule has 0 amide bonds. The van der Waals surface area contributed by atoms with E-state index < -0.39 is 10.0 Å². The van der Waals surface area contributed by atoms with Crippen LogP contribution in [0.1, 0.15) is 20.3 Å². The van der Waals surface area contributed by atoms with Crippen molar-refractivity contribution in [2.45, 2.75) is 25.3 Å². The van der Waals surface area contributed by atoms with Crippen molar-refractivity contribution < 1.29 is 12.8 Å². The van der Waals surface area contributed by atoms with E-state index in [0.29, 0.717) is 12.1 Å². The fourth-order valence-corrected chi connectivity index (χ4v) is 3.68. The normalized spacial score (nSPS) is 12.8. The van der Waals surface area contributed by atoms with Gasteiger partial charge < -0.3 is 4.42 Å². The van der Waals surface area contributed by atoms with E-state index in [-0.39, 0.29) is 22.6 Å². The maximum Gasteiger partial charge on any atom is 0.262 e. The summed E-state index contributed by atoms with van der Waals surface area (Å²) in [4.78, 5) is 4.32. The van der Waals surface area contributed by atoms with Crippen LogP contribution in [0.15, 0.2) is 70.1 Å². The monoisotopic (exact) mass is 370 g/mol. The van der Waals surface area contributed by atoms with Gasteiger partial charge in [0, 0.05) is 17.7 Å². The van der Waals surface area contributed by atoms with Crippen molar-refractivity contribution in [1.82, 2.24) is 9.71 Å². The SMILES string of the molecule is CCC(C)CNS(=O)(=O)c1nc(-c2ccccc2)oc1-c1ccccc1. The van der Waals surface area contributed by atoms with Crippen LogP contribution in [-0.4, -0.2) is 19.9 Å².